The van der Waals surface area contributed by atoms with Crippen molar-refractivity contribution in [2.45, 2.75) is 69.7 Å². The predicted molar refractivity (Wildman–Crippen MR) is 117 cm³/mol. The molecule has 0 aromatic carbocycles. The van der Waals surface area contributed by atoms with Crippen molar-refractivity contribution in [3.8, 4) is 0 Å². The summed E-state index contributed by atoms with van der Waals surface area (Å²) in [6.07, 6.45) is 4.28. The Morgan fingerprint density at radius 1 is 0.893 bits per heavy atom. The van der Waals surface area contributed by atoms with Gasteiger partial charge in [-0.25, -0.2) is 0 Å². The second kappa shape index (κ2) is 10.2. The molecule has 0 aromatic rings. The van der Waals surface area contributed by atoms with E-state index in [0.29, 0.717) is 12.1 Å². The molecule has 2 saturated heterocycles. The van der Waals surface area contributed by atoms with Crippen LogP contribution in [0, 0.1) is 0 Å². The minimum absolute atomic E-state index is 0.0873. The van der Waals surface area contributed by atoms with Crippen molar-refractivity contribution in [3.05, 3.63) is 0 Å². The molecule has 6 heteroatoms. The van der Waals surface area contributed by atoms with Crippen LogP contribution in [0.1, 0.15) is 46.5 Å². The van der Waals surface area contributed by atoms with Gasteiger partial charge in [0.05, 0.1) is 17.8 Å². The maximum absolute atomic E-state index is 11.0. The fourth-order valence-corrected chi connectivity index (χ4v) is 5.09. The number of hydrogen-bond donors (Lipinski definition) is 1. The molecule has 2 rings (SSSR count). The summed E-state index contributed by atoms with van der Waals surface area (Å²) >= 11 is 0. The number of likely N-dealkylation sites (N-methyl/N-ethyl adjacent to an activating group) is 2. The van der Waals surface area contributed by atoms with Gasteiger partial charge in [0.1, 0.15) is 0 Å². The Bertz CT molecular complexity index is 473. The largest absolute Gasteiger partial charge is 0.387 e. The summed E-state index contributed by atoms with van der Waals surface area (Å²) in [7, 11) is 8.37. The zero-order chi connectivity index (χ0) is 20.9. The van der Waals surface area contributed by atoms with Gasteiger partial charge in [-0.15, -0.1) is 0 Å². The van der Waals surface area contributed by atoms with Crippen molar-refractivity contribution in [3.63, 3.8) is 0 Å². The van der Waals surface area contributed by atoms with Crippen molar-refractivity contribution in [1.82, 2.24) is 19.6 Å². The van der Waals surface area contributed by atoms with Gasteiger partial charge in [0.25, 0.3) is 0 Å². The van der Waals surface area contributed by atoms with Crippen LogP contribution < -0.4 is 0 Å². The summed E-state index contributed by atoms with van der Waals surface area (Å²) < 4.78 is 6.71. The molecule has 0 aliphatic carbocycles. The predicted octanol–water partition coefficient (Wildman–Crippen LogP) is 1.58. The molecule has 0 radical (unpaired) electrons. The number of nitrogens with zero attached hydrogens (tertiary/aromatic N) is 4. The molecular weight excluding hydrogens is 352 g/mol. The first kappa shape index (κ1) is 24.0. The minimum Gasteiger partial charge on any atom is -0.387 e. The smallest absolute Gasteiger partial charge is 0.0935 e. The lowest BCUT2D eigenvalue weighted by Crippen LogP contribution is -2.59. The van der Waals surface area contributed by atoms with Crippen LogP contribution in [-0.2, 0) is 4.74 Å². The van der Waals surface area contributed by atoms with E-state index in [0.717, 1.165) is 58.6 Å². The molecule has 2 unspecified atom stereocenters. The topological polar surface area (TPSA) is 42.4 Å². The zero-order valence-corrected chi connectivity index (χ0v) is 19.6. The van der Waals surface area contributed by atoms with Crippen LogP contribution in [0.2, 0.25) is 0 Å². The van der Waals surface area contributed by atoms with Gasteiger partial charge in [0, 0.05) is 38.3 Å². The Morgan fingerprint density at radius 2 is 1.50 bits per heavy atom. The Kier molecular flexibility index (Phi) is 8.74. The summed E-state index contributed by atoms with van der Waals surface area (Å²) in [5, 5.41) is 11.0. The Morgan fingerprint density at radius 3 is 2.11 bits per heavy atom. The van der Waals surface area contributed by atoms with E-state index in [4.69, 9.17) is 4.74 Å². The Hall–Kier alpha value is -0.240. The number of likely N-dealkylation sites (tertiary alicyclic amines) is 2. The lowest BCUT2D eigenvalue weighted by molar-refractivity contribution is -0.127. The van der Waals surface area contributed by atoms with Gasteiger partial charge in [-0.3, -0.25) is 9.80 Å². The van der Waals surface area contributed by atoms with E-state index >= 15 is 0 Å². The van der Waals surface area contributed by atoms with E-state index in [1.165, 1.54) is 13.0 Å². The van der Waals surface area contributed by atoms with Crippen molar-refractivity contribution < 1.29 is 9.84 Å². The molecule has 166 valence electrons. The molecule has 0 amide bonds. The molecule has 0 bridgehead atoms. The van der Waals surface area contributed by atoms with E-state index in [1.807, 2.05) is 14.1 Å². The third-order valence-corrected chi connectivity index (χ3v) is 6.35. The summed E-state index contributed by atoms with van der Waals surface area (Å²) in [6, 6.07) is 0.883. The second-order valence-corrected chi connectivity index (χ2v) is 10.3. The second-order valence-electron chi connectivity index (χ2n) is 10.3. The lowest BCUT2D eigenvalue weighted by Gasteiger charge is -2.47. The van der Waals surface area contributed by atoms with Crippen LogP contribution in [0.4, 0.5) is 0 Å². The van der Waals surface area contributed by atoms with Crippen LogP contribution in [-0.4, -0.2) is 122 Å². The van der Waals surface area contributed by atoms with Crippen LogP contribution in [0.5, 0.6) is 0 Å². The molecule has 2 fully saturated rings. The van der Waals surface area contributed by atoms with Crippen molar-refractivity contribution >= 4 is 0 Å². The highest BCUT2D eigenvalue weighted by Crippen LogP contribution is 2.29. The number of piperidine rings is 2. The average molecular weight is 399 g/mol. The van der Waals surface area contributed by atoms with Gasteiger partial charge in [-0.1, -0.05) is 0 Å². The standard InChI is InChI=1S/C22H46N4O2/c1-19(2)25-12-9-11-22(18-25,17-24(6)7)28-14-20(3)26-13-8-10-21(27,16-26)15-23(4)5/h19-20,27H,8-18H2,1-7H3/t20?,21?,22-/m1/s1. The van der Waals surface area contributed by atoms with Crippen molar-refractivity contribution in [2.75, 3.05) is 74.1 Å². The first-order chi connectivity index (χ1) is 13.0. The summed E-state index contributed by atoms with van der Waals surface area (Å²) in [5.74, 6) is 0. The monoisotopic (exact) mass is 398 g/mol. The molecule has 3 atom stereocenters. The van der Waals surface area contributed by atoms with E-state index in [1.54, 1.807) is 0 Å². The van der Waals surface area contributed by atoms with E-state index in [2.05, 4.69) is 54.5 Å². The van der Waals surface area contributed by atoms with Gasteiger partial charge in [0.15, 0.2) is 0 Å². The summed E-state index contributed by atoms with van der Waals surface area (Å²) in [6.45, 7) is 13.2. The first-order valence-electron chi connectivity index (χ1n) is 11.2. The van der Waals surface area contributed by atoms with Crippen LogP contribution in [0.15, 0.2) is 0 Å². The van der Waals surface area contributed by atoms with Gasteiger partial charge in [0.2, 0.25) is 0 Å². The molecule has 2 aliphatic heterocycles. The minimum atomic E-state index is -0.601. The number of β-amino-alcohol motifs (C(OH)–C–C–N with tert-alkyl or cyclic N) is 1. The third-order valence-electron chi connectivity index (χ3n) is 6.35. The summed E-state index contributed by atoms with van der Waals surface area (Å²) in [5.41, 5.74) is -0.688. The highest BCUT2D eigenvalue weighted by atomic mass is 16.5. The normalized spacial score (nSPS) is 31.8. The molecule has 6 nitrogen and oxygen atoms in total. The quantitative estimate of drug-likeness (QED) is 0.636. The Balaban J connectivity index is 1.98. The molecular formula is C22H46N4O2. The van der Waals surface area contributed by atoms with Crippen LogP contribution >= 0.6 is 0 Å². The van der Waals surface area contributed by atoms with Gasteiger partial charge in [-0.05, 0) is 87.7 Å². The Labute approximate surface area is 173 Å². The number of aliphatic hydroxyl groups is 1. The third kappa shape index (κ3) is 6.92. The van der Waals surface area contributed by atoms with Crippen LogP contribution in [0.25, 0.3) is 0 Å². The van der Waals surface area contributed by atoms with Gasteiger partial charge in [-0.2, -0.15) is 0 Å². The number of rotatable bonds is 9. The molecule has 1 N–H and O–H groups in total. The van der Waals surface area contributed by atoms with E-state index in [9.17, 15) is 5.11 Å². The van der Waals surface area contributed by atoms with Gasteiger partial charge >= 0.3 is 0 Å². The fourth-order valence-electron chi connectivity index (χ4n) is 5.09. The first-order valence-corrected chi connectivity index (χ1v) is 11.2. The maximum atomic E-state index is 11.0. The van der Waals surface area contributed by atoms with E-state index < -0.39 is 5.60 Å². The van der Waals surface area contributed by atoms with Gasteiger partial charge < -0.3 is 19.6 Å². The molecule has 0 aromatic heterocycles. The molecule has 28 heavy (non-hydrogen) atoms. The highest BCUT2D eigenvalue weighted by molar-refractivity contribution is 4.94. The van der Waals surface area contributed by atoms with E-state index in [-0.39, 0.29) is 5.60 Å². The molecule has 2 aliphatic rings. The van der Waals surface area contributed by atoms with Crippen molar-refractivity contribution in [2.24, 2.45) is 0 Å². The molecule has 2 heterocycles. The zero-order valence-electron chi connectivity index (χ0n) is 19.6. The average Bonchev–Trinajstić information content (AvgIpc) is 2.58. The summed E-state index contributed by atoms with van der Waals surface area (Å²) in [4.78, 5) is 9.36. The number of ether oxygens (including phenoxy) is 1. The van der Waals surface area contributed by atoms with Crippen molar-refractivity contribution in [1.29, 1.82) is 0 Å². The molecule has 0 saturated carbocycles. The molecule has 0 spiro atoms. The number of hydrogen-bond acceptors (Lipinski definition) is 6. The maximum Gasteiger partial charge on any atom is 0.0935 e. The highest BCUT2D eigenvalue weighted by Gasteiger charge is 2.40. The SMILES string of the molecule is CC(C)N1CCC[C@](CN(C)C)(OCC(C)N2CCCC(O)(CN(C)C)C2)C1. The lowest BCUT2D eigenvalue weighted by atomic mass is 9.90. The van der Waals surface area contributed by atoms with Crippen LogP contribution in [0.3, 0.4) is 0 Å². The fraction of sp³-hybridized carbons (Fsp3) is 1.00.